The summed E-state index contributed by atoms with van der Waals surface area (Å²) in [4.78, 5) is 98.8. The SMILES string of the molecule is CCNc1cc(O)c2c(c1)/C=C/C[C@H](O)[C@H](O)C(=O)/C=C\[C@@H](C)[C@H](C)OC2=O.CNc1cc(O)c2c(c1)/C=C/C[C@H](O)[C@H](O)C(=O)/C=C\[C@@H](C)[C@H](C)OC2=O.C[C@@H]1/C=C\C(=O)[C@@H](O)[C@@H](O)C/C=C/c2cc(NCC(O)CO)cc(O)c2C(=O)O[C@H]1C.C[C@@H]1/C=C\C(=O)[C@@H](O)[C@@H](O)C/C=C/c2cc(NCCO)cc(O)c2C(=O)O[C@H]1C. The lowest BCUT2D eigenvalue weighted by Crippen LogP contribution is -2.32. The summed E-state index contributed by atoms with van der Waals surface area (Å²) < 4.78 is 21.8. The van der Waals surface area contributed by atoms with Crippen molar-refractivity contribution in [2.45, 2.75) is 167 Å². The lowest BCUT2D eigenvalue weighted by molar-refractivity contribution is -0.128. The van der Waals surface area contributed by atoms with Crippen molar-refractivity contribution in [3.8, 4) is 23.0 Å². The predicted octanol–water partition coefficient (Wildman–Crippen LogP) is 5.99. The Morgan fingerprint density at radius 1 is 0.374 bits per heavy atom. The van der Waals surface area contributed by atoms with Gasteiger partial charge in [-0.15, -0.1) is 0 Å². The zero-order valence-electron chi connectivity index (χ0n) is 65.6. The van der Waals surface area contributed by atoms with Crippen LogP contribution in [-0.4, -0.2) is 243 Å². The van der Waals surface area contributed by atoms with Crippen molar-refractivity contribution in [1.82, 2.24) is 0 Å². The fraction of sp³-hybridized carbons (Fsp3) is 0.429. The Hall–Kier alpha value is -10.7. The first kappa shape index (κ1) is 94.9. The van der Waals surface area contributed by atoms with Crippen molar-refractivity contribution >= 4 is 94.1 Å². The maximum Gasteiger partial charge on any atom is 0.342 e. The summed E-state index contributed by atoms with van der Waals surface area (Å²) in [6.07, 6.45) is 7.68. The molecule has 17 atom stereocenters. The van der Waals surface area contributed by atoms with Gasteiger partial charge in [0.25, 0.3) is 0 Å². The van der Waals surface area contributed by atoms with Gasteiger partial charge in [-0.3, -0.25) is 19.2 Å². The highest BCUT2D eigenvalue weighted by Crippen LogP contribution is 2.35. The van der Waals surface area contributed by atoms with E-state index in [4.69, 9.17) is 29.2 Å². The normalized spacial score (nSPS) is 28.5. The quantitative estimate of drug-likeness (QED) is 0.0640. The third-order valence-electron chi connectivity index (χ3n) is 19.0. The topological polar surface area (TPSA) is 525 Å². The molecule has 0 amide bonds. The van der Waals surface area contributed by atoms with Gasteiger partial charge in [0.1, 0.15) is 94.1 Å². The van der Waals surface area contributed by atoms with Crippen molar-refractivity contribution in [2.75, 3.05) is 61.2 Å². The number of carbonyl (C=O) groups excluding carboxylic acids is 8. The number of esters is 4. The summed E-state index contributed by atoms with van der Waals surface area (Å²) in [6.45, 7) is 15.8. The molecule has 0 aliphatic carbocycles. The minimum atomic E-state index is -1.60. The number of aliphatic hydroxyl groups is 11. The second kappa shape index (κ2) is 46.0. The van der Waals surface area contributed by atoms with Crippen LogP contribution in [0.4, 0.5) is 22.7 Å². The van der Waals surface area contributed by atoms with E-state index < -0.39 is 133 Å². The summed E-state index contributed by atoms with van der Waals surface area (Å²) in [5.41, 5.74) is 3.37. The third-order valence-corrected chi connectivity index (χ3v) is 19.0. The molecule has 31 nitrogen and oxygen atoms in total. The number of fused-ring (bicyclic) bond motifs is 4. The van der Waals surface area contributed by atoms with E-state index in [0.29, 0.717) is 46.0 Å². The Bertz CT molecular complexity index is 4280. The fourth-order valence-corrected chi connectivity index (χ4v) is 11.1. The molecule has 19 N–H and O–H groups in total. The van der Waals surface area contributed by atoms with E-state index in [0.717, 1.165) is 6.08 Å². The molecule has 4 aliphatic rings. The number of phenolic OH excluding ortho intramolecular Hbond substituents is 4. The number of hydrogen-bond acceptors (Lipinski definition) is 31. The molecule has 626 valence electrons. The smallest absolute Gasteiger partial charge is 0.342 e. The van der Waals surface area contributed by atoms with Crippen molar-refractivity contribution < 1.29 is 134 Å². The van der Waals surface area contributed by atoms with Crippen LogP contribution in [0.25, 0.3) is 24.3 Å². The number of aliphatic hydroxyl groups excluding tert-OH is 11. The zero-order chi connectivity index (χ0) is 85.7. The van der Waals surface area contributed by atoms with Crippen LogP contribution in [0, 0.1) is 23.7 Å². The summed E-state index contributed by atoms with van der Waals surface area (Å²) in [5, 5.41) is 161. The number of hydrogen-bond donors (Lipinski definition) is 19. The van der Waals surface area contributed by atoms with E-state index in [1.54, 1.807) is 86.7 Å². The number of anilines is 4. The van der Waals surface area contributed by atoms with Crippen LogP contribution >= 0.6 is 0 Å². The molecule has 8 rings (SSSR count). The van der Waals surface area contributed by atoms with Crippen LogP contribution in [0.1, 0.15) is 152 Å². The van der Waals surface area contributed by atoms with Crippen LogP contribution < -0.4 is 21.3 Å². The molecule has 115 heavy (non-hydrogen) atoms. The molecule has 4 aliphatic heterocycles. The van der Waals surface area contributed by atoms with E-state index in [-0.39, 0.29) is 120 Å². The van der Waals surface area contributed by atoms with Gasteiger partial charge in [-0.05, 0) is 131 Å². The van der Waals surface area contributed by atoms with Crippen LogP contribution in [-0.2, 0) is 38.1 Å². The van der Waals surface area contributed by atoms with Crippen LogP contribution in [0.15, 0.2) is 121 Å². The Balaban J connectivity index is 0.000000274. The highest BCUT2D eigenvalue weighted by atomic mass is 16.6. The molecule has 4 aromatic rings. The largest absolute Gasteiger partial charge is 0.507 e. The standard InChI is InChI=1S/C22H29NO8.C21H27NO7.C21H27NO6.C20H25NO6/c1-12-6-7-18(27)21(29)17(26)5-3-4-14-8-15(23-10-16(25)11-24)9-19(28)20(14)22(30)31-13(12)2;1-12-6-7-17(25)20(27)16(24)5-3-4-14-10-15(22-8-9-23)11-18(26)19(14)21(28)29-13(12)2;1-4-22-15-10-14-6-5-7-16(23)20(26)17(24)9-8-12(2)13(3)28-21(27)19(14)18(25)11-15;1-11-7-8-16(23)19(25)15(22)6-4-5-13-9-14(21-3)10-17(24)18(13)20(26)27-12(11)2/h3-4,6-9,12-13,16-17,21,23-26,28-29H,5,10-11H2,1-2H3;3-4,6-7,10-13,16,20,22-24,26-27H,5,8-9H2,1-2H3;5-6,8-13,16,20,22-23,25-26H,4,7H2,1-3H3;4-5,7-12,15,19,21-22,24-25H,6H2,1-3H3/b2*4-3+,7-6-;6-5+,9-8-;5-4+,8-7-/t12-,13+,16?,17+,21+;2*12-,13+,16+,20+;11-,12+,15+,19+/m1111/s1. The Morgan fingerprint density at radius 2 is 0.626 bits per heavy atom. The minimum Gasteiger partial charge on any atom is -0.507 e. The maximum atomic E-state index is 12.8. The Kier molecular flexibility index (Phi) is 38.0. The van der Waals surface area contributed by atoms with Crippen molar-refractivity contribution in [3.63, 3.8) is 0 Å². The van der Waals surface area contributed by atoms with Crippen LogP contribution in [0.5, 0.6) is 23.0 Å². The molecule has 0 saturated heterocycles. The van der Waals surface area contributed by atoms with Crippen molar-refractivity contribution in [3.05, 3.63) is 166 Å². The molecule has 0 spiro atoms. The van der Waals surface area contributed by atoms with E-state index in [1.807, 2.05) is 6.92 Å². The molecule has 1 unspecified atom stereocenters. The molecule has 0 saturated carbocycles. The van der Waals surface area contributed by atoms with Gasteiger partial charge in [0, 0.05) is 97.4 Å². The van der Waals surface area contributed by atoms with Gasteiger partial charge in [-0.25, -0.2) is 19.2 Å². The molecule has 0 fully saturated rings. The first-order valence-corrected chi connectivity index (χ1v) is 37.5. The first-order valence-electron chi connectivity index (χ1n) is 37.5. The van der Waals surface area contributed by atoms with Gasteiger partial charge < -0.3 is 117 Å². The molecule has 0 aromatic heterocycles. The highest BCUT2D eigenvalue weighted by molar-refractivity contribution is 6.01. The molecule has 31 heteroatoms. The molecular formula is C84H108N4O27. The van der Waals surface area contributed by atoms with Crippen LogP contribution in [0.2, 0.25) is 0 Å². The van der Waals surface area contributed by atoms with E-state index >= 15 is 0 Å². The molecule has 4 aromatic carbocycles. The van der Waals surface area contributed by atoms with Gasteiger partial charge in [-0.1, -0.05) is 101 Å². The summed E-state index contributed by atoms with van der Waals surface area (Å²) in [5.74, 6) is -7.85. The van der Waals surface area contributed by atoms with E-state index in [2.05, 4.69) is 21.3 Å². The number of phenols is 4. The number of rotatable bonds is 10. The Labute approximate surface area is 666 Å². The first-order chi connectivity index (χ1) is 54.4. The van der Waals surface area contributed by atoms with Gasteiger partial charge in [-0.2, -0.15) is 0 Å². The lowest BCUT2D eigenvalue weighted by Gasteiger charge is -2.20. The van der Waals surface area contributed by atoms with Crippen molar-refractivity contribution in [1.29, 1.82) is 0 Å². The fourth-order valence-electron chi connectivity index (χ4n) is 11.1. The zero-order valence-corrected chi connectivity index (χ0v) is 65.6. The number of ether oxygens (including phenoxy) is 4. The van der Waals surface area contributed by atoms with Crippen LogP contribution in [0.3, 0.4) is 0 Å². The van der Waals surface area contributed by atoms with Crippen molar-refractivity contribution in [2.24, 2.45) is 23.7 Å². The number of ketones is 4. The monoisotopic (exact) mass is 1600 g/mol. The summed E-state index contributed by atoms with van der Waals surface area (Å²) >= 11 is 0. The van der Waals surface area contributed by atoms with Gasteiger partial charge in [0.15, 0.2) is 23.1 Å². The predicted molar refractivity (Wildman–Crippen MR) is 429 cm³/mol. The van der Waals surface area contributed by atoms with Gasteiger partial charge in [0.2, 0.25) is 0 Å². The molecule has 4 heterocycles. The number of carbonyl (C=O) groups is 8. The summed E-state index contributed by atoms with van der Waals surface area (Å²) in [7, 11) is 1.67. The van der Waals surface area contributed by atoms with E-state index in [1.165, 1.54) is 115 Å². The second-order valence-electron chi connectivity index (χ2n) is 28.0. The highest BCUT2D eigenvalue weighted by Gasteiger charge is 2.32. The number of cyclic esters (lactones) is 4. The third kappa shape index (κ3) is 28.4. The average molecular weight is 1610 g/mol. The molecule has 0 radical (unpaired) electrons. The average Bonchev–Trinajstić information content (AvgIpc) is 0.835. The molecular weight excluding hydrogens is 1500 g/mol. The van der Waals surface area contributed by atoms with E-state index in [9.17, 15) is 105 Å². The second-order valence-corrected chi connectivity index (χ2v) is 28.0. The number of aromatic hydroxyl groups is 4. The van der Waals surface area contributed by atoms with Gasteiger partial charge >= 0.3 is 23.9 Å². The maximum absolute atomic E-state index is 12.8. The molecule has 0 bridgehead atoms. The van der Waals surface area contributed by atoms with Gasteiger partial charge in [0.05, 0.1) is 43.7 Å². The minimum absolute atomic E-state index is 0.00656. The number of benzene rings is 4. The number of nitrogens with one attached hydrogen (secondary N) is 4. The summed E-state index contributed by atoms with van der Waals surface area (Å²) in [6, 6.07) is 12.0. The Morgan fingerprint density at radius 3 is 0.878 bits per heavy atom. The lowest BCUT2D eigenvalue weighted by atomic mass is 9.99.